The van der Waals surface area contributed by atoms with Gasteiger partial charge >= 0.3 is 5.97 Å². The quantitative estimate of drug-likeness (QED) is 0.936. The molecule has 0 saturated carbocycles. The fourth-order valence-corrected chi connectivity index (χ4v) is 2.27. The van der Waals surface area contributed by atoms with Gasteiger partial charge in [-0.05, 0) is 30.3 Å². The Kier molecular flexibility index (Phi) is 4.20. The van der Waals surface area contributed by atoms with Crippen molar-refractivity contribution in [2.24, 2.45) is 0 Å². The number of carboxylic acids is 1. The van der Waals surface area contributed by atoms with Crippen LogP contribution in [0.2, 0.25) is 0 Å². The molecule has 1 amide bonds. The summed E-state index contributed by atoms with van der Waals surface area (Å²) in [6.45, 7) is 0. The molecule has 0 aliphatic heterocycles. The first-order valence-corrected chi connectivity index (χ1v) is 6.66. The normalized spacial score (nSPS) is 10.1. The van der Waals surface area contributed by atoms with Crippen LogP contribution < -0.4 is 4.90 Å². The fourth-order valence-electron chi connectivity index (χ4n) is 1.87. The van der Waals surface area contributed by atoms with Crippen LogP contribution in [-0.4, -0.2) is 24.0 Å². The van der Waals surface area contributed by atoms with Gasteiger partial charge in [-0.1, -0.05) is 34.1 Å². The van der Waals surface area contributed by atoms with E-state index in [1.807, 2.05) is 6.07 Å². The van der Waals surface area contributed by atoms with Crippen LogP contribution in [0, 0.1) is 0 Å². The Morgan fingerprint density at radius 1 is 1.10 bits per heavy atom. The van der Waals surface area contributed by atoms with Crippen LogP contribution in [0.4, 0.5) is 5.69 Å². The van der Waals surface area contributed by atoms with Crippen LogP contribution in [0.3, 0.4) is 0 Å². The van der Waals surface area contributed by atoms with Crippen LogP contribution in [0.1, 0.15) is 20.7 Å². The van der Waals surface area contributed by atoms with Gasteiger partial charge in [0.2, 0.25) is 0 Å². The van der Waals surface area contributed by atoms with Gasteiger partial charge in [-0.15, -0.1) is 0 Å². The first-order chi connectivity index (χ1) is 9.50. The Bertz CT molecular complexity index is 670. The molecule has 2 aromatic rings. The molecule has 5 heteroatoms. The second-order valence-electron chi connectivity index (χ2n) is 4.20. The molecule has 0 aromatic heterocycles. The van der Waals surface area contributed by atoms with Crippen molar-refractivity contribution < 1.29 is 14.7 Å². The molecule has 2 aromatic carbocycles. The van der Waals surface area contributed by atoms with Gasteiger partial charge in [0, 0.05) is 17.1 Å². The maximum atomic E-state index is 12.4. The van der Waals surface area contributed by atoms with Gasteiger partial charge in [0.05, 0.1) is 11.3 Å². The van der Waals surface area contributed by atoms with Gasteiger partial charge in [0.15, 0.2) is 0 Å². The zero-order valence-electron chi connectivity index (χ0n) is 10.7. The molecule has 0 aliphatic rings. The number of benzene rings is 2. The number of carbonyl (C=O) groups excluding carboxylic acids is 1. The zero-order valence-corrected chi connectivity index (χ0v) is 12.3. The van der Waals surface area contributed by atoms with Crippen molar-refractivity contribution in [2.75, 3.05) is 11.9 Å². The Hall–Kier alpha value is -2.14. The average molecular weight is 334 g/mol. The second-order valence-corrected chi connectivity index (χ2v) is 5.11. The molecule has 20 heavy (non-hydrogen) atoms. The number of para-hydroxylation sites is 1. The first kappa shape index (κ1) is 14.3. The van der Waals surface area contributed by atoms with Gasteiger partial charge in [0.1, 0.15) is 0 Å². The minimum atomic E-state index is -1.06. The molecule has 0 radical (unpaired) electrons. The Morgan fingerprint density at radius 3 is 2.45 bits per heavy atom. The fraction of sp³-hybridized carbons (Fsp3) is 0.0667. The van der Waals surface area contributed by atoms with Gasteiger partial charge < -0.3 is 10.0 Å². The molecule has 0 fully saturated rings. The second kappa shape index (κ2) is 5.88. The molecular formula is C15H12BrNO3. The van der Waals surface area contributed by atoms with Crippen molar-refractivity contribution in [3.8, 4) is 0 Å². The maximum Gasteiger partial charge on any atom is 0.337 e. The van der Waals surface area contributed by atoms with Crippen molar-refractivity contribution in [3.05, 3.63) is 64.1 Å². The van der Waals surface area contributed by atoms with Gasteiger partial charge in [-0.3, -0.25) is 4.79 Å². The van der Waals surface area contributed by atoms with E-state index in [1.54, 1.807) is 43.4 Å². The van der Waals surface area contributed by atoms with Crippen LogP contribution in [0.15, 0.2) is 53.0 Å². The number of nitrogens with zero attached hydrogens (tertiary/aromatic N) is 1. The standard InChI is InChI=1S/C15H12BrNO3/c1-17(13-8-3-2-7-12(13)15(19)20)14(18)10-5-4-6-11(16)9-10/h2-9H,1H3,(H,19,20). The topological polar surface area (TPSA) is 57.6 Å². The van der Waals surface area contributed by atoms with Gasteiger partial charge in [-0.2, -0.15) is 0 Å². The monoisotopic (exact) mass is 333 g/mol. The minimum absolute atomic E-state index is 0.0957. The van der Waals surface area contributed by atoms with E-state index < -0.39 is 5.97 Å². The molecular weight excluding hydrogens is 322 g/mol. The van der Waals surface area contributed by atoms with Crippen LogP contribution in [0.25, 0.3) is 0 Å². The number of amides is 1. The third-order valence-corrected chi connectivity index (χ3v) is 3.37. The lowest BCUT2D eigenvalue weighted by atomic mass is 10.1. The SMILES string of the molecule is CN(C(=O)c1cccc(Br)c1)c1ccccc1C(=O)O. The van der Waals surface area contributed by atoms with Crippen molar-refractivity contribution in [2.45, 2.75) is 0 Å². The molecule has 1 N–H and O–H groups in total. The molecule has 0 heterocycles. The molecule has 0 atom stereocenters. The van der Waals surface area contributed by atoms with Crippen LogP contribution in [0.5, 0.6) is 0 Å². The predicted molar refractivity (Wildman–Crippen MR) is 80.3 cm³/mol. The maximum absolute atomic E-state index is 12.4. The highest BCUT2D eigenvalue weighted by atomic mass is 79.9. The lowest BCUT2D eigenvalue weighted by Crippen LogP contribution is -2.27. The molecule has 2 rings (SSSR count). The lowest BCUT2D eigenvalue weighted by Gasteiger charge is -2.19. The summed E-state index contributed by atoms with van der Waals surface area (Å²) >= 11 is 3.31. The van der Waals surface area contributed by atoms with E-state index in [0.29, 0.717) is 11.3 Å². The lowest BCUT2D eigenvalue weighted by molar-refractivity contribution is 0.0697. The van der Waals surface area contributed by atoms with E-state index in [4.69, 9.17) is 5.11 Å². The Balaban J connectivity index is 2.39. The largest absolute Gasteiger partial charge is 0.478 e. The Morgan fingerprint density at radius 2 is 1.80 bits per heavy atom. The molecule has 0 aliphatic carbocycles. The molecule has 0 saturated heterocycles. The van der Waals surface area contributed by atoms with Crippen molar-refractivity contribution >= 4 is 33.5 Å². The average Bonchev–Trinajstić information content (AvgIpc) is 2.45. The Labute approximate surface area is 124 Å². The summed E-state index contributed by atoms with van der Waals surface area (Å²) in [7, 11) is 1.56. The molecule has 0 unspecified atom stereocenters. The third kappa shape index (κ3) is 2.88. The van der Waals surface area contributed by atoms with Crippen LogP contribution >= 0.6 is 15.9 Å². The number of hydrogen-bond donors (Lipinski definition) is 1. The highest BCUT2D eigenvalue weighted by Gasteiger charge is 2.19. The van der Waals surface area contributed by atoms with E-state index in [-0.39, 0.29) is 11.5 Å². The number of carbonyl (C=O) groups is 2. The van der Waals surface area contributed by atoms with E-state index in [1.165, 1.54) is 11.0 Å². The van der Waals surface area contributed by atoms with E-state index in [0.717, 1.165) is 4.47 Å². The smallest absolute Gasteiger partial charge is 0.337 e. The predicted octanol–water partition coefficient (Wildman–Crippen LogP) is 3.42. The number of aromatic carboxylic acids is 1. The summed E-state index contributed by atoms with van der Waals surface area (Å²) in [4.78, 5) is 24.9. The summed E-state index contributed by atoms with van der Waals surface area (Å²) in [6, 6.07) is 13.4. The summed E-state index contributed by atoms with van der Waals surface area (Å²) in [5.41, 5.74) is 0.949. The van der Waals surface area contributed by atoms with E-state index in [9.17, 15) is 9.59 Å². The van der Waals surface area contributed by atoms with Crippen molar-refractivity contribution in [1.29, 1.82) is 0 Å². The van der Waals surface area contributed by atoms with E-state index >= 15 is 0 Å². The molecule has 0 bridgehead atoms. The highest BCUT2D eigenvalue weighted by Crippen LogP contribution is 2.22. The summed E-state index contributed by atoms with van der Waals surface area (Å²) in [5.74, 6) is -1.32. The van der Waals surface area contributed by atoms with Crippen molar-refractivity contribution in [3.63, 3.8) is 0 Å². The summed E-state index contributed by atoms with van der Waals surface area (Å²) in [6.07, 6.45) is 0. The number of carboxylic acid groups (broad SMARTS) is 1. The van der Waals surface area contributed by atoms with Crippen LogP contribution in [-0.2, 0) is 0 Å². The zero-order chi connectivity index (χ0) is 14.7. The minimum Gasteiger partial charge on any atom is -0.478 e. The van der Waals surface area contributed by atoms with E-state index in [2.05, 4.69) is 15.9 Å². The molecule has 4 nitrogen and oxygen atoms in total. The summed E-state index contributed by atoms with van der Waals surface area (Å²) < 4.78 is 0.795. The number of hydrogen-bond acceptors (Lipinski definition) is 2. The number of anilines is 1. The third-order valence-electron chi connectivity index (χ3n) is 2.87. The highest BCUT2D eigenvalue weighted by molar-refractivity contribution is 9.10. The molecule has 0 spiro atoms. The van der Waals surface area contributed by atoms with Gasteiger partial charge in [-0.25, -0.2) is 4.79 Å². The first-order valence-electron chi connectivity index (χ1n) is 5.86. The van der Waals surface area contributed by atoms with Gasteiger partial charge in [0.25, 0.3) is 5.91 Å². The number of halogens is 1. The summed E-state index contributed by atoms with van der Waals surface area (Å²) in [5, 5.41) is 9.17. The molecule has 102 valence electrons. The number of rotatable bonds is 3. The van der Waals surface area contributed by atoms with Crippen molar-refractivity contribution in [1.82, 2.24) is 0 Å².